The van der Waals surface area contributed by atoms with E-state index >= 15 is 0 Å². The number of nitrogens with zero attached hydrogens (tertiary/aromatic N) is 3. The second kappa shape index (κ2) is 12.1. The third kappa shape index (κ3) is 6.58. The first-order chi connectivity index (χ1) is 18.9. The van der Waals surface area contributed by atoms with Crippen molar-refractivity contribution in [2.24, 2.45) is 4.99 Å². The van der Waals surface area contributed by atoms with Gasteiger partial charge in [0.25, 0.3) is 5.91 Å². The molecule has 12 heteroatoms. The monoisotopic (exact) mass is 607 g/mol. The summed E-state index contributed by atoms with van der Waals surface area (Å²) in [5, 5.41) is 7.13. The molecular weight excluding hydrogens is 582 g/mol. The van der Waals surface area contributed by atoms with Crippen LogP contribution in [0, 0.1) is 0 Å². The normalized spacial score (nSPS) is 16.2. The van der Waals surface area contributed by atoms with Gasteiger partial charge in [-0.05, 0) is 68.3 Å². The Balaban J connectivity index is 1.58. The second-order valence-electron chi connectivity index (χ2n) is 9.37. The predicted molar refractivity (Wildman–Crippen MR) is 157 cm³/mol. The Morgan fingerprint density at radius 2 is 1.75 bits per heavy atom. The average molecular weight is 609 g/mol. The first kappa shape index (κ1) is 29.8. The third-order valence-electron chi connectivity index (χ3n) is 6.50. The van der Waals surface area contributed by atoms with E-state index in [9.17, 15) is 18.0 Å². The molecule has 2 unspecified atom stereocenters. The van der Waals surface area contributed by atoms with Gasteiger partial charge in [0.05, 0.1) is 23.0 Å². The Hall–Kier alpha value is -3.18. The number of anilines is 1. The minimum atomic E-state index is -4.41. The summed E-state index contributed by atoms with van der Waals surface area (Å²) in [5.74, 6) is -0.360. The number of carbonyl (C=O) groups is 1. The Labute approximate surface area is 245 Å². The smallest absolute Gasteiger partial charge is 0.361 e. The van der Waals surface area contributed by atoms with Crippen LogP contribution in [0.15, 0.2) is 71.7 Å². The van der Waals surface area contributed by atoms with E-state index < -0.39 is 17.9 Å². The molecule has 3 aromatic carbocycles. The molecule has 0 radical (unpaired) electrons. The minimum absolute atomic E-state index is 0.150. The third-order valence-corrected chi connectivity index (χ3v) is 7.32. The van der Waals surface area contributed by atoms with Gasteiger partial charge in [-0.25, -0.2) is 4.99 Å². The topological polar surface area (TPSA) is 60.0 Å². The molecule has 1 aliphatic rings. The lowest BCUT2D eigenvalue weighted by Crippen LogP contribution is -2.50. The fraction of sp³-hybridized carbons (Fsp3) is 0.250. The minimum Gasteiger partial charge on any atom is -0.361 e. The SMILES string of the molecule is CN1C(=O)C(NC(=S)NCC(c2ccc(C(F)(F)F)cc2)N(C)C)N=C(c2ccccc2Cl)c2cc(Cl)ccc21. The summed E-state index contributed by atoms with van der Waals surface area (Å²) in [5.41, 5.74) is 2.28. The number of hydrogen-bond donors (Lipinski definition) is 2. The summed E-state index contributed by atoms with van der Waals surface area (Å²) in [6.07, 6.45) is -5.51. The van der Waals surface area contributed by atoms with E-state index in [4.69, 9.17) is 40.4 Å². The molecule has 0 bridgehead atoms. The highest BCUT2D eigenvalue weighted by atomic mass is 35.5. The van der Waals surface area contributed by atoms with E-state index in [1.54, 1.807) is 43.4 Å². The van der Waals surface area contributed by atoms with Crippen molar-refractivity contribution in [1.82, 2.24) is 15.5 Å². The zero-order valence-corrected chi connectivity index (χ0v) is 24.1. The molecule has 210 valence electrons. The van der Waals surface area contributed by atoms with Crippen LogP contribution in [0.2, 0.25) is 10.0 Å². The first-order valence-electron chi connectivity index (χ1n) is 12.1. The van der Waals surface area contributed by atoms with Crippen LogP contribution in [0.4, 0.5) is 18.9 Å². The first-order valence-corrected chi connectivity index (χ1v) is 13.3. The molecular formula is C28H26Cl2F3N5OS. The number of carbonyl (C=O) groups excluding carboxylic acids is 1. The maximum absolute atomic E-state index is 13.5. The Morgan fingerprint density at radius 1 is 1.07 bits per heavy atom. The highest BCUT2D eigenvalue weighted by Gasteiger charge is 2.32. The molecule has 6 nitrogen and oxygen atoms in total. The van der Waals surface area contributed by atoms with E-state index in [2.05, 4.69) is 10.6 Å². The van der Waals surface area contributed by atoms with Crippen LogP contribution in [0.1, 0.15) is 28.3 Å². The molecule has 2 atom stereocenters. The molecule has 0 saturated carbocycles. The molecule has 1 heterocycles. The number of halogens is 5. The van der Waals surface area contributed by atoms with Gasteiger partial charge in [0.15, 0.2) is 5.11 Å². The summed E-state index contributed by atoms with van der Waals surface area (Å²) in [6.45, 7) is 0.262. The molecule has 40 heavy (non-hydrogen) atoms. The van der Waals surface area contributed by atoms with Gasteiger partial charge in [0.1, 0.15) is 0 Å². The summed E-state index contributed by atoms with van der Waals surface area (Å²) < 4.78 is 39.0. The maximum Gasteiger partial charge on any atom is 0.416 e. The van der Waals surface area contributed by atoms with Crippen molar-refractivity contribution in [3.05, 3.63) is 99.0 Å². The highest BCUT2D eigenvalue weighted by molar-refractivity contribution is 7.80. The number of fused-ring (bicyclic) bond motifs is 1. The van der Waals surface area contributed by atoms with Crippen molar-refractivity contribution in [3.63, 3.8) is 0 Å². The fourth-order valence-corrected chi connectivity index (χ4v) is 4.96. The van der Waals surface area contributed by atoms with E-state index in [-0.39, 0.29) is 23.6 Å². The van der Waals surface area contributed by atoms with E-state index in [1.165, 1.54) is 17.0 Å². The summed E-state index contributed by atoms with van der Waals surface area (Å²) in [7, 11) is 5.26. The van der Waals surface area contributed by atoms with Crippen LogP contribution in [-0.2, 0) is 11.0 Å². The lowest BCUT2D eigenvalue weighted by Gasteiger charge is -2.27. The number of alkyl halides is 3. The van der Waals surface area contributed by atoms with Crippen LogP contribution >= 0.6 is 35.4 Å². The molecule has 0 saturated heterocycles. The zero-order valence-electron chi connectivity index (χ0n) is 21.8. The van der Waals surface area contributed by atoms with Crippen molar-refractivity contribution >= 4 is 57.8 Å². The number of thiocarbonyl (C=S) groups is 1. The number of amides is 1. The molecule has 0 aliphatic carbocycles. The summed E-state index contributed by atoms with van der Waals surface area (Å²) >= 11 is 18.3. The Kier molecular flexibility index (Phi) is 9.04. The van der Waals surface area contributed by atoms with Crippen molar-refractivity contribution in [2.45, 2.75) is 18.4 Å². The van der Waals surface area contributed by atoms with E-state index in [0.717, 1.165) is 12.1 Å². The maximum atomic E-state index is 13.5. The average Bonchev–Trinajstić information content (AvgIpc) is 2.99. The van der Waals surface area contributed by atoms with Gasteiger partial charge < -0.3 is 20.4 Å². The van der Waals surface area contributed by atoms with Crippen molar-refractivity contribution in [1.29, 1.82) is 0 Å². The molecule has 4 rings (SSSR count). The molecule has 2 N–H and O–H groups in total. The second-order valence-corrected chi connectivity index (χ2v) is 10.6. The number of nitrogens with one attached hydrogen (secondary N) is 2. The number of aliphatic imine (C=N–C) groups is 1. The van der Waals surface area contributed by atoms with Gasteiger partial charge in [-0.1, -0.05) is 53.5 Å². The number of benzodiazepines with no additional fused rings is 1. The molecule has 3 aromatic rings. The zero-order chi connectivity index (χ0) is 29.2. The lowest BCUT2D eigenvalue weighted by molar-refractivity contribution is -0.137. The van der Waals surface area contributed by atoms with E-state index in [1.807, 2.05) is 25.1 Å². The van der Waals surface area contributed by atoms with Crippen molar-refractivity contribution in [3.8, 4) is 0 Å². The largest absolute Gasteiger partial charge is 0.416 e. The van der Waals surface area contributed by atoms with Crippen LogP contribution in [0.25, 0.3) is 0 Å². The fourth-order valence-electron chi connectivity index (χ4n) is 4.37. The van der Waals surface area contributed by atoms with Crippen LogP contribution in [0.3, 0.4) is 0 Å². The van der Waals surface area contributed by atoms with Gasteiger partial charge in [-0.3, -0.25) is 4.79 Å². The molecule has 0 aromatic heterocycles. The van der Waals surface area contributed by atoms with Crippen LogP contribution in [-0.4, -0.2) is 55.5 Å². The molecule has 0 fully saturated rings. The lowest BCUT2D eigenvalue weighted by atomic mass is 10.00. The molecule has 1 amide bonds. The van der Waals surface area contributed by atoms with Crippen LogP contribution in [0.5, 0.6) is 0 Å². The van der Waals surface area contributed by atoms with E-state index in [0.29, 0.717) is 38.1 Å². The molecule has 1 aliphatic heterocycles. The standard InChI is InChI=1S/C28H26Cl2F3N5OS/c1-37(2)23(16-8-10-17(11-9-16)28(31,32)33)15-34-27(40)36-25-26(39)38(3)22-13-12-18(29)14-20(22)24(35-25)19-6-4-5-7-21(19)30/h4-14,23,25H,15H2,1-3H3,(H2,34,36,40). The number of rotatable bonds is 6. The summed E-state index contributed by atoms with van der Waals surface area (Å²) in [4.78, 5) is 21.5. The van der Waals surface area contributed by atoms with Crippen LogP contribution < -0.4 is 15.5 Å². The number of benzene rings is 3. The van der Waals surface area contributed by atoms with Gasteiger partial charge in [-0.15, -0.1) is 0 Å². The van der Waals surface area contributed by atoms with Gasteiger partial charge in [-0.2, -0.15) is 13.2 Å². The Bertz CT molecular complexity index is 1450. The highest BCUT2D eigenvalue weighted by Crippen LogP contribution is 2.32. The van der Waals surface area contributed by atoms with Gasteiger partial charge >= 0.3 is 6.18 Å². The van der Waals surface area contributed by atoms with Gasteiger partial charge in [0.2, 0.25) is 6.17 Å². The Morgan fingerprint density at radius 3 is 2.38 bits per heavy atom. The quantitative estimate of drug-likeness (QED) is 0.341. The number of hydrogen-bond acceptors (Lipinski definition) is 4. The number of likely N-dealkylation sites (N-methyl/N-ethyl adjacent to an activating group) is 2. The molecule has 0 spiro atoms. The van der Waals surface area contributed by atoms with Crippen molar-refractivity contribution in [2.75, 3.05) is 32.6 Å². The van der Waals surface area contributed by atoms with Crippen molar-refractivity contribution < 1.29 is 18.0 Å². The van der Waals surface area contributed by atoms with Gasteiger partial charge in [0, 0.05) is 34.8 Å². The predicted octanol–water partition coefficient (Wildman–Crippen LogP) is 5.92. The summed E-state index contributed by atoms with van der Waals surface area (Å²) in [6, 6.07) is 17.0.